The smallest absolute Gasteiger partial charge is 0.260 e. The molecule has 2 saturated heterocycles. The lowest BCUT2D eigenvalue weighted by Crippen LogP contribution is -2.42. The number of rotatable bonds is 14. The van der Waals surface area contributed by atoms with Crippen LogP contribution < -0.4 is 19.5 Å². The highest BCUT2D eigenvalue weighted by atomic mass is 16.5. The molecule has 0 radical (unpaired) electrons. The van der Waals surface area contributed by atoms with Crippen LogP contribution in [-0.2, 0) is 38.4 Å². The van der Waals surface area contributed by atoms with Gasteiger partial charge in [-0.3, -0.25) is 14.4 Å². The van der Waals surface area contributed by atoms with E-state index in [0.29, 0.717) is 32.2 Å². The average Bonchev–Trinajstić information content (AvgIpc) is 3.18. The summed E-state index contributed by atoms with van der Waals surface area (Å²) in [5.74, 6) is 2.98. The number of carbonyl (C=O) groups excluding carboxylic acids is 3. The van der Waals surface area contributed by atoms with Crippen LogP contribution in [0.15, 0.2) is 72.8 Å². The maximum Gasteiger partial charge on any atom is 0.260 e. The normalized spacial score (nSPS) is 14.3. The number of nitrogens with zero attached hydrogens (tertiary/aromatic N) is 2. The number of nitrogens with one attached hydrogen (secondary N) is 1. The molecule has 332 valence electrons. The standard InChI is InChI=1S/C18H27NO2.C17H25NO3.C15H23NO2/c1-18(2,3)13-15-8-7-9-16(12-15)21-14-17(20)19-10-5-4-6-11-19;1-17(2,3)12-14-5-4-6-15(11-14)21-13-16(19)18-7-9-20-10-8-18;1-11(2)8-13-6-5-7-14(9-13)18-10-15(17)16-12(3)4/h7-9,12H,4-6,10-11,13-14H2,1-3H3;4-6,11H,7-10,12-13H2,1-3H3;5-7,9,11-12H,8,10H2,1-4H3,(H,16,17). The predicted octanol–water partition coefficient (Wildman–Crippen LogP) is 8.97. The monoisotopic (exact) mass is 830 g/mol. The number of benzene rings is 3. The molecule has 10 nitrogen and oxygen atoms in total. The van der Waals surface area contributed by atoms with Gasteiger partial charge in [0.15, 0.2) is 19.8 Å². The van der Waals surface area contributed by atoms with Gasteiger partial charge >= 0.3 is 0 Å². The first-order chi connectivity index (χ1) is 28.3. The third kappa shape index (κ3) is 21.6. The molecule has 2 aliphatic heterocycles. The van der Waals surface area contributed by atoms with Crippen LogP contribution in [0.3, 0.4) is 0 Å². The number of morpholine rings is 1. The summed E-state index contributed by atoms with van der Waals surface area (Å²) in [4.78, 5) is 39.3. The van der Waals surface area contributed by atoms with Crippen LogP contribution >= 0.6 is 0 Å². The molecule has 0 spiro atoms. The summed E-state index contributed by atoms with van der Waals surface area (Å²) >= 11 is 0. The van der Waals surface area contributed by atoms with Crippen molar-refractivity contribution >= 4 is 17.7 Å². The number of carbonyl (C=O) groups is 3. The molecule has 3 amide bonds. The molecule has 0 aromatic heterocycles. The minimum absolute atomic E-state index is 0.0273. The van der Waals surface area contributed by atoms with Gasteiger partial charge in [-0.05, 0) is 122 Å². The second-order valence-corrected chi connectivity index (χ2v) is 19.0. The van der Waals surface area contributed by atoms with Crippen LogP contribution in [0.4, 0.5) is 0 Å². The van der Waals surface area contributed by atoms with E-state index >= 15 is 0 Å². The summed E-state index contributed by atoms with van der Waals surface area (Å²) in [7, 11) is 0. The maximum atomic E-state index is 12.1. The van der Waals surface area contributed by atoms with E-state index in [4.69, 9.17) is 18.9 Å². The van der Waals surface area contributed by atoms with Gasteiger partial charge in [0.05, 0.1) is 13.2 Å². The Kier molecular flexibility index (Phi) is 21.0. The van der Waals surface area contributed by atoms with Crippen LogP contribution in [0.1, 0.15) is 105 Å². The summed E-state index contributed by atoms with van der Waals surface area (Å²) in [5.41, 5.74) is 4.22. The van der Waals surface area contributed by atoms with E-state index in [1.165, 1.54) is 23.1 Å². The molecule has 0 aliphatic carbocycles. The van der Waals surface area contributed by atoms with Crippen molar-refractivity contribution in [2.24, 2.45) is 16.7 Å². The van der Waals surface area contributed by atoms with E-state index in [2.05, 4.69) is 85.0 Å². The number of likely N-dealkylation sites (tertiary alicyclic amines) is 1. The van der Waals surface area contributed by atoms with Crippen LogP contribution in [0.25, 0.3) is 0 Å². The van der Waals surface area contributed by atoms with Gasteiger partial charge in [-0.15, -0.1) is 0 Å². The Bertz CT molecular complexity index is 1640. The molecule has 0 saturated carbocycles. The number of hydrogen-bond donors (Lipinski definition) is 1. The van der Waals surface area contributed by atoms with Gasteiger partial charge in [0.2, 0.25) is 0 Å². The molecule has 2 heterocycles. The largest absolute Gasteiger partial charge is 0.484 e. The molecule has 0 atom stereocenters. The van der Waals surface area contributed by atoms with E-state index in [1.54, 1.807) is 4.90 Å². The van der Waals surface area contributed by atoms with E-state index in [1.807, 2.05) is 67.3 Å². The molecule has 10 heteroatoms. The van der Waals surface area contributed by atoms with E-state index < -0.39 is 0 Å². The van der Waals surface area contributed by atoms with Crippen molar-refractivity contribution in [2.45, 2.75) is 114 Å². The first-order valence-corrected chi connectivity index (χ1v) is 21.9. The number of amides is 3. The molecule has 0 bridgehead atoms. The highest BCUT2D eigenvalue weighted by molar-refractivity contribution is 5.78. The Morgan fingerprint density at radius 2 is 1.02 bits per heavy atom. The fraction of sp³-hybridized carbons (Fsp3) is 0.580. The molecule has 2 fully saturated rings. The number of piperidine rings is 1. The number of ether oxygens (including phenoxy) is 4. The molecule has 3 aromatic carbocycles. The van der Waals surface area contributed by atoms with Gasteiger partial charge < -0.3 is 34.1 Å². The van der Waals surface area contributed by atoms with Crippen molar-refractivity contribution in [3.8, 4) is 17.2 Å². The highest BCUT2D eigenvalue weighted by Gasteiger charge is 2.19. The van der Waals surface area contributed by atoms with Crippen molar-refractivity contribution < 1.29 is 33.3 Å². The Morgan fingerprint density at radius 1 is 0.600 bits per heavy atom. The molecular formula is C50H75N3O7. The highest BCUT2D eigenvalue weighted by Crippen LogP contribution is 2.25. The average molecular weight is 830 g/mol. The molecular weight excluding hydrogens is 755 g/mol. The third-order valence-corrected chi connectivity index (χ3v) is 9.42. The van der Waals surface area contributed by atoms with E-state index in [-0.39, 0.29) is 54.4 Å². The van der Waals surface area contributed by atoms with Gasteiger partial charge in [0.1, 0.15) is 17.2 Å². The van der Waals surface area contributed by atoms with Crippen molar-refractivity contribution in [2.75, 3.05) is 59.2 Å². The van der Waals surface area contributed by atoms with Gasteiger partial charge in [-0.25, -0.2) is 0 Å². The predicted molar refractivity (Wildman–Crippen MR) is 242 cm³/mol. The first-order valence-electron chi connectivity index (χ1n) is 21.9. The van der Waals surface area contributed by atoms with Crippen LogP contribution in [0, 0.1) is 16.7 Å². The quantitative estimate of drug-likeness (QED) is 0.173. The lowest BCUT2D eigenvalue weighted by molar-refractivity contribution is -0.137. The summed E-state index contributed by atoms with van der Waals surface area (Å²) in [6.45, 7) is 26.2. The van der Waals surface area contributed by atoms with Gasteiger partial charge in [0, 0.05) is 32.2 Å². The van der Waals surface area contributed by atoms with Crippen LogP contribution in [0.2, 0.25) is 0 Å². The Hall–Kier alpha value is -4.57. The molecule has 2 aliphatic rings. The summed E-state index contributed by atoms with van der Waals surface area (Å²) in [6.07, 6.45) is 6.49. The zero-order valence-electron chi connectivity index (χ0n) is 38.4. The Labute approximate surface area is 361 Å². The molecule has 3 aromatic rings. The first kappa shape index (κ1) is 49.8. The molecule has 1 N–H and O–H groups in total. The van der Waals surface area contributed by atoms with Crippen molar-refractivity contribution in [1.82, 2.24) is 15.1 Å². The Morgan fingerprint density at radius 3 is 1.45 bits per heavy atom. The van der Waals surface area contributed by atoms with Gasteiger partial charge in [-0.1, -0.05) is 91.8 Å². The van der Waals surface area contributed by atoms with Crippen molar-refractivity contribution in [3.05, 3.63) is 89.5 Å². The molecule has 5 rings (SSSR count). The lowest BCUT2D eigenvalue weighted by Gasteiger charge is -2.26. The van der Waals surface area contributed by atoms with E-state index in [0.717, 1.165) is 62.4 Å². The summed E-state index contributed by atoms with van der Waals surface area (Å²) < 4.78 is 22.0. The minimum atomic E-state index is -0.0840. The minimum Gasteiger partial charge on any atom is -0.484 e. The van der Waals surface area contributed by atoms with Crippen molar-refractivity contribution in [3.63, 3.8) is 0 Å². The third-order valence-electron chi connectivity index (χ3n) is 9.42. The topological polar surface area (TPSA) is 107 Å². The zero-order valence-corrected chi connectivity index (χ0v) is 38.4. The molecule has 60 heavy (non-hydrogen) atoms. The zero-order chi connectivity index (χ0) is 44.1. The van der Waals surface area contributed by atoms with Gasteiger partial charge in [0.25, 0.3) is 17.7 Å². The van der Waals surface area contributed by atoms with Crippen LogP contribution in [0.5, 0.6) is 17.2 Å². The summed E-state index contributed by atoms with van der Waals surface area (Å²) in [6, 6.07) is 24.2. The van der Waals surface area contributed by atoms with Crippen molar-refractivity contribution in [1.29, 1.82) is 0 Å². The summed E-state index contributed by atoms with van der Waals surface area (Å²) in [5, 5.41) is 2.80. The fourth-order valence-corrected chi connectivity index (χ4v) is 6.89. The SMILES string of the molecule is CC(C)(C)Cc1cccc(OCC(=O)N2CCCCC2)c1.CC(C)(C)Cc1cccc(OCC(=O)N2CCOCC2)c1.CC(C)Cc1cccc(OCC(=O)NC(C)C)c1. The molecule has 0 unspecified atom stereocenters. The van der Waals surface area contributed by atoms with Crippen LogP contribution in [-0.4, -0.2) is 92.8 Å². The van der Waals surface area contributed by atoms with E-state index in [9.17, 15) is 14.4 Å². The maximum absolute atomic E-state index is 12.1. The number of hydrogen-bond acceptors (Lipinski definition) is 7. The van der Waals surface area contributed by atoms with Gasteiger partial charge in [-0.2, -0.15) is 0 Å². The Balaban J connectivity index is 0.000000241. The second kappa shape index (κ2) is 25.3. The fourth-order valence-electron chi connectivity index (χ4n) is 6.89. The second-order valence-electron chi connectivity index (χ2n) is 19.0. The lowest BCUT2D eigenvalue weighted by atomic mass is 9.88.